The van der Waals surface area contributed by atoms with Crippen molar-refractivity contribution in [3.8, 4) is 0 Å². The number of aliphatic carboxylic acids is 1. The SMILES string of the molecule is CC1(CC2CCS(=O)(=O)C2)OCC(CC(=O)O)O1. The van der Waals surface area contributed by atoms with Crippen molar-refractivity contribution in [3.05, 3.63) is 0 Å². The highest BCUT2D eigenvalue weighted by Gasteiger charge is 2.42. The van der Waals surface area contributed by atoms with Crippen LogP contribution >= 0.6 is 0 Å². The first-order valence-corrected chi connectivity index (χ1v) is 7.84. The molecule has 104 valence electrons. The Bertz CT molecular complexity index is 431. The lowest BCUT2D eigenvalue weighted by Crippen LogP contribution is -2.30. The lowest BCUT2D eigenvalue weighted by atomic mass is 9.99. The van der Waals surface area contributed by atoms with Gasteiger partial charge in [0, 0.05) is 6.42 Å². The maximum absolute atomic E-state index is 11.4. The molecule has 18 heavy (non-hydrogen) atoms. The van der Waals surface area contributed by atoms with E-state index < -0.39 is 27.7 Å². The highest BCUT2D eigenvalue weighted by molar-refractivity contribution is 7.91. The minimum absolute atomic E-state index is 0.0450. The second-order valence-corrected chi connectivity index (χ2v) is 7.48. The minimum atomic E-state index is -2.90. The van der Waals surface area contributed by atoms with E-state index >= 15 is 0 Å². The predicted molar refractivity (Wildman–Crippen MR) is 62.9 cm³/mol. The fourth-order valence-corrected chi connectivity index (χ4v) is 4.51. The van der Waals surface area contributed by atoms with Gasteiger partial charge in [-0.15, -0.1) is 0 Å². The second kappa shape index (κ2) is 4.79. The van der Waals surface area contributed by atoms with Gasteiger partial charge in [-0.2, -0.15) is 0 Å². The molecular weight excluding hydrogens is 260 g/mol. The standard InChI is InChI=1S/C11H18O6S/c1-11(5-8-2-3-18(14,15)7-8)16-6-9(17-11)4-10(12)13/h8-9H,2-7H2,1H3,(H,12,13). The minimum Gasteiger partial charge on any atom is -0.481 e. The summed E-state index contributed by atoms with van der Waals surface area (Å²) >= 11 is 0. The van der Waals surface area contributed by atoms with Gasteiger partial charge in [0.25, 0.3) is 0 Å². The number of sulfone groups is 1. The van der Waals surface area contributed by atoms with Crippen LogP contribution in [0.1, 0.15) is 26.2 Å². The molecule has 0 aromatic rings. The Balaban J connectivity index is 1.88. The van der Waals surface area contributed by atoms with Gasteiger partial charge in [-0.05, 0) is 19.3 Å². The van der Waals surface area contributed by atoms with E-state index in [1.54, 1.807) is 6.92 Å². The summed E-state index contributed by atoms with van der Waals surface area (Å²) < 4.78 is 33.8. The summed E-state index contributed by atoms with van der Waals surface area (Å²) in [5, 5.41) is 8.68. The predicted octanol–water partition coefficient (Wildman–Crippen LogP) is 0.417. The van der Waals surface area contributed by atoms with Gasteiger partial charge in [-0.3, -0.25) is 4.79 Å². The van der Waals surface area contributed by atoms with Crippen LogP contribution in [0.15, 0.2) is 0 Å². The Morgan fingerprint density at radius 3 is 2.78 bits per heavy atom. The van der Waals surface area contributed by atoms with E-state index in [4.69, 9.17) is 14.6 Å². The molecule has 3 atom stereocenters. The summed E-state index contributed by atoms with van der Waals surface area (Å²) in [7, 11) is -2.90. The fourth-order valence-electron chi connectivity index (χ4n) is 2.65. The molecule has 2 rings (SSSR count). The molecule has 2 heterocycles. The van der Waals surface area contributed by atoms with Gasteiger partial charge in [-0.25, -0.2) is 8.42 Å². The van der Waals surface area contributed by atoms with E-state index in [-0.39, 0.29) is 30.5 Å². The average molecular weight is 278 g/mol. The molecule has 2 aliphatic heterocycles. The summed E-state index contributed by atoms with van der Waals surface area (Å²) in [5.41, 5.74) is 0. The van der Waals surface area contributed by atoms with Crippen molar-refractivity contribution in [2.24, 2.45) is 5.92 Å². The Hall–Kier alpha value is -0.660. The molecule has 3 unspecified atom stereocenters. The zero-order valence-corrected chi connectivity index (χ0v) is 11.1. The zero-order chi connectivity index (χ0) is 13.4. The number of carboxylic acid groups (broad SMARTS) is 1. The van der Waals surface area contributed by atoms with Gasteiger partial charge in [0.05, 0.1) is 30.6 Å². The molecule has 0 saturated carbocycles. The number of carbonyl (C=O) groups is 1. The van der Waals surface area contributed by atoms with Crippen LogP contribution in [0.3, 0.4) is 0 Å². The molecule has 2 aliphatic rings. The maximum Gasteiger partial charge on any atom is 0.306 e. The van der Waals surface area contributed by atoms with Crippen molar-refractivity contribution in [2.75, 3.05) is 18.1 Å². The highest BCUT2D eigenvalue weighted by atomic mass is 32.2. The lowest BCUT2D eigenvalue weighted by Gasteiger charge is -2.25. The first-order valence-electron chi connectivity index (χ1n) is 6.02. The van der Waals surface area contributed by atoms with Crippen molar-refractivity contribution in [3.63, 3.8) is 0 Å². The number of hydrogen-bond acceptors (Lipinski definition) is 5. The van der Waals surface area contributed by atoms with Crippen molar-refractivity contribution in [2.45, 2.75) is 38.1 Å². The molecule has 0 aliphatic carbocycles. The molecule has 0 spiro atoms. The molecule has 0 aromatic heterocycles. The highest BCUT2D eigenvalue weighted by Crippen LogP contribution is 2.34. The number of hydrogen-bond donors (Lipinski definition) is 1. The monoisotopic (exact) mass is 278 g/mol. The zero-order valence-electron chi connectivity index (χ0n) is 10.3. The maximum atomic E-state index is 11.4. The third-order valence-corrected chi connectivity index (χ3v) is 5.22. The Kier molecular flexibility index (Phi) is 3.66. The smallest absolute Gasteiger partial charge is 0.306 e. The summed E-state index contributed by atoms with van der Waals surface area (Å²) in [6, 6.07) is 0. The molecule has 0 amide bonds. The van der Waals surface area contributed by atoms with Gasteiger partial charge in [-0.1, -0.05) is 0 Å². The lowest BCUT2D eigenvalue weighted by molar-refractivity contribution is -0.168. The van der Waals surface area contributed by atoms with Crippen LogP contribution in [0, 0.1) is 5.92 Å². The van der Waals surface area contributed by atoms with E-state index in [9.17, 15) is 13.2 Å². The largest absolute Gasteiger partial charge is 0.481 e. The van der Waals surface area contributed by atoms with Crippen molar-refractivity contribution >= 4 is 15.8 Å². The molecule has 6 nitrogen and oxygen atoms in total. The van der Waals surface area contributed by atoms with Gasteiger partial charge < -0.3 is 14.6 Å². The van der Waals surface area contributed by atoms with Crippen LogP contribution in [-0.2, 0) is 24.1 Å². The molecule has 1 N–H and O–H groups in total. The van der Waals surface area contributed by atoms with Crippen molar-refractivity contribution < 1.29 is 27.8 Å². The molecule has 2 saturated heterocycles. The first kappa shape index (κ1) is 13.8. The van der Waals surface area contributed by atoms with Crippen LogP contribution in [-0.4, -0.2) is 49.5 Å². The van der Waals surface area contributed by atoms with Crippen molar-refractivity contribution in [1.82, 2.24) is 0 Å². The van der Waals surface area contributed by atoms with E-state index in [0.717, 1.165) is 0 Å². The molecule has 0 radical (unpaired) electrons. The number of carboxylic acids is 1. The Morgan fingerprint density at radius 2 is 2.22 bits per heavy atom. The molecule has 0 aromatic carbocycles. The van der Waals surface area contributed by atoms with E-state index in [2.05, 4.69) is 0 Å². The van der Waals surface area contributed by atoms with Crippen molar-refractivity contribution in [1.29, 1.82) is 0 Å². The van der Waals surface area contributed by atoms with Crippen LogP contribution in [0.25, 0.3) is 0 Å². The molecular formula is C11H18O6S. The number of ether oxygens (including phenoxy) is 2. The molecule has 7 heteroatoms. The Labute approximate surface area is 106 Å². The van der Waals surface area contributed by atoms with E-state index in [1.165, 1.54) is 0 Å². The Morgan fingerprint density at radius 1 is 1.50 bits per heavy atom. The molecule has 2 fully saturated rings. The van der Waals surface area contributed by atoms with E-state index in [1.807, 2.05) is 0 Å². The fraction of sp³-hybridized carbons (Fsp3) is 0.909. The summed E-state index contributed by atoms with van der Waals surface area (Å²) in [5.74, 6) is -1.31. The van der Waals surface area contributed by atoms with Gasteiger partial charge >= 0.3 is 5.97 Å². The average Bonchev–Trinajstić information content (AvgIpc) is 2.70. The van der Waals surface area contributed by atoms with Crippen LogP contribution in [0.2, 0.25) is 0 Å². The molecule has 0 bridgehead atoms. The van der Waals surface area contributed by atoms with Crippen LogP contribution in [0.5, 0.6) is 0 Å². The third-order valence-electron chi connectivity index (χ3n) is 3.38. The van der Waals surface area contributed by atoms with Gasteiger partial charge in [0.2, 0.25) is 0 Å². The van der Waals surface area contributed by atoms with Crippen LogP contribution < -0.4 is 0 Å². The summed E-state index contributed by atoms with van der Waals surface area (Å²) in [6.07, 6.45) is 0.611. The second-order valence-electron chi connectivity index (χ2n) is 5.26. The third kappa shape index (κ3) is 3.43. The summed E-state index contributed by atoms with van der Waals surface area (Å²) in [6.45, 7) is 2.00. The van der Waals surface area contributed by atoms with Gasteiger partial charge in [0.1, 0.15) is 0 Å². The number of rotatable bonds is 4. The van der Waals surface area contributed by atoms with Crippen LogP contribution in [0.4, 0.5) is 0 Å². The summed E-state index contributed by atoms with van der Waals surface area (Å²) in [4.78, 5) is 10.6. The van der Waals surface area contributed by atoms with Gasteiger partial charge in [0.15, 0.2) is 15.6 Å². The normalized spacial score (nSPS) is 38.9. The topological polar surface area (TPSA) is 89.9 Å². The van der Waals surface area contributed by atoms with E-state index in [0.29, 0.717) is 12.8 Å². The quantitative estimate of drug-likeness (QED) is 0.801. The first-order chi connectivity index (χ1) is 8.28.